The second-order valence-electron chi connectivity index (χ2n) is 16.9. The molecular formula is C42H50F2N8O3. The van der Waals surface area contributed by atoms with E-state index in [4.69, 9.17) is 19.8 Å². The van der Waals surface area contributed by atoms with Gasteiger partial charge in [-0.2, -0.15) is 15.1 Å². The minimum absolute atomic E-state index is 0.0464. The Hall–Kier alpha value is -4.52. The van der Waals surface area contributed by atoms with Gasteiger partial charge in [0.05, 0.1) is 30.0 Å². The molecule has 1 amide bonds. The van der Waals surface area contributed by atoms with Crippen molar-refractivity contribution in [3.63, 3.8) is 0 Å². The highest BCUT2D eigenvalue weighted by molar-refractivity contribution is 5.98. The summed E-state index contributed by atoms with van der Waals surface area (Å²) in [5.41, 5.74) is 4.42. The number of benzene rings is 2. The predicted molar refractivity (Wildman–Crippen MR) is 205 cm³/mol. The molecule has 5 fully saturated rings. The van der Waals surface area contributed by atoms with Crippen molar-refractivity contribution in [3.05, 3.63) is 64.4 Å². The quantitative estimate of drug-likeness (QED) is 0.237. The number of nitrogens with zero attached hydrogens (tertiary/aromatic N) is 8. The molecule has 1 N–H and O–H groups in total. The van der Waals surface area contributed by atoms with Crippen LogP contribution in [0, 0.1) is 11.7 Å². The number of aryl methyl sites for hydroxylation is 2. The van der Waals surface area contributed by atoms with Crippen LogP contribution in [0.4, 0.5) is 20.3 Å². The van der Waals surface area contributed by atoms with E-state index in [2.05, 4.69) is 19.6 Å². The van der Waals surface area contributed by atoms with E-state index in [0.29, 0.717) is 81.8 Å². The summed E-state index contributed by atoms with van der Waals surface area (Å²) in [6, 6.07) is 9.20. The van der Waals surface area contributed by atoms with Gasteiger partial charge in [0.15, 0.2) is 5.69 Å². The van der Waals surface area contributed by atoms with Crippen molar-refractivity contribution in [2.45, 2.75) is 109 Å². The number of ether oxygens (including phenoxy) is 1. The second-order valence-corrected chi connectivity index (χ2v) is 16.9. The number of hydrogen-bond donors (Lipinski definition) is 1. The highest BCUT2D eigenvalue weighted by Crippen LogP contribution is 2.42. The molecule has 13 heteroatoms. The number of hydrogen-bond acceptors (Lipinski definition) is 9. The summed E-state index contributed by atoms with van der Waals surface area (Å²) in [5.74, 6) is 1.34. The molecule has 4 saturated heterocycles. The Bertz CT molecular complexity index is 2150. The number of carbonyl (C=O) groups is 1. The number of fused-ring (bicyclic) bond motifs is 7. The van der Waals surface area contributed by atoms with Gasteiger partial charge in [-0.05, 0) is 99.4 Å². The molecule has 0 radical (unpaired) electrons. The van der Waals surface area contributed by atoms with Crippen LogP contribution < -0.4 is 14.5 Å². The average Bonchev–Trinajstić information content (AvgIpc) is 3.83. The van der Waals surface area contributed by atoms with Gasteiger partial charge in [-0.3, -0.25) is 14.4 Å². The minimum Gasteiger partial charge on any atom is -0.508 e. The average molecular weight is 753 g/mol. The lowest BCUT2D eigenvalue weighted by atomic mass is 9.80. The Morgan fingerprint density at radius 1 is 1.00 bits per heavy atom. The number of phenolic OH excluding ortho intramolecular Hbond substituents is 1. The number of aromatic hydroxyl groups is 1. The molecular weight excluding hydrogens is 703 g/mol. The van der Waals surface area contributed by atoms with Crippen LogP contribution in [-0.2, 0) is 32.5 Å². The van der Waals surface area contributed by atoms with Gasteiger partial charge in [0.1, 0.15) is 30.2 Å². The maximum absolute atomic E-state index is 15.2. The third-order valence-electron chi connectivity index (χ3n) is 13.6. The first-order chi connectivity index (χ1) is 26.7. The van der Waals surface area contributed by atoms with E-state index >= 15 is 4.39 Å². The zero-order chi connectivity index (χ0) is 37.4. The summed E-state index contributed by atoms with van der Waals surface area (Å²) < 4.78 is 38.4. The lowest BCUT2D eigenvalue weighted by Crippen LogP contribution is -2.50. The van der Waals surface area contributed by atoms with Crippen molar-refractivity contribution >= 4 is 28.2 Å². The van der Waals surface area contributed by atoms with Crippen LogP contribution in [-0.4, -0.2) is 97.6 Å². The van der Waals surface area contributed by atoms with Gasteiger partial charge < -0.3 is 24.5 Å². The van der Waals surface area contributed by atoms with Crippen molar-refractivity contribution < 1.29 is 23.4 Å². The maximum Gasteiger partial charge on any atom is 0.318 e. The summed E-state index contributed by atoms with van der Waals surface area (Å²) in [6.45, 7) is 7.46. The highest BCUT2D eigenvalue weighted by atomic mass is 19.1. The van der Waals surface area contributed by atoms with Crippen LogP contribution in [0.15, 0.2) is 30.3 Å². The first-order valence-corrected chi connectivity index (χ1v) is 20.5. The van der Waals surface area contributed by atoms with Gasteiger partial charge in [0, 0.05) is 67.9 Å². The van der Waals surface area contributed by atoms with Crippen molar-refractivity contribution in [3.8, 4) is 11.8 Å². The first-order valence-electron chi connectivity index (χ1n) is 20.5. The van der Waals surface area contributed by atoms with Gasteiger partial charge in [0.25, 0.3) is 5.91 Å². The van der Waals surface area contributed by atoms with Crippen LogP contribution in [0.5, 0.6) is 11.8 Å². The molecule has 6 aliphatic heterocycles. The standard InChI is InChI=1S/C42H50F2N8O3/c1-2-32-34(44)10-7-27-17-31(53)19-37(38(27)32)48-16-11-33-36(24-48)45-41(55-25-42-12-3-14-50(42)22-28(43)20-42)46-39(33)49-13-4-15-52-30(23-49)18-35(47-52)40(54)51-21-26-5-8-29(51)9-6-26/h7,10,17-19,26,28-29,53H,2-6,8-9,11-16,20-25H2,1H3/t26?,28-,29?,42+/m1/s1. The Morgan fingerprint density at radius 2 is 1.87 bits per heavy atom. The van der Waals surface area contributed by atoms with Crippen molar-refractivity contribution in [1.29, 1.82) is 0 Å². The number of carbonyl (C=O) groups excluding carboxylic acids is 1. The van der Waals surface area contributed by atoms with Gasteiger partial charge in [-0.25, -0.2) is 8.78 Å². The lowest BCUT2D eigenvalue weighted by Gasteiger charge is -2.45. The number of phenols is 1. The minimum atomic E-state index is -0.865. The van der Waals surface area contributed by atoms with Gasteiger partial charge in [0.2, 0.25) is 0 Å². The number of rotatable bonds is 7. The van der Waals surface area contributed by atoms with E-state index in [0.717, 1.165) is 91.0 Å². The molecule has 2 bridgehead atoms. The third kappa shape index (κ3) is 6.08. The molecule has 11 nitrogen and oxygen atoms in total. The van der Waals surface area contributed by atoms with Gasteiger partial charge >= 0.3 is 6.01 Å². The molecule has 290 valence electrons. The summed E-state index contributed by atoms with van der Waals surface area (Å²) in [4.78, 5) is 32.7. The zero-order valence-corrected chi connectivity index (χ0v) is 31.7. The molecule has 2 aromatic carbocycles. The SMILES string of the molecule is CCc1c(F)ccc2cc(O)cc(N3CCc4c(nc(OC[C@@]56CCCN5C[C@H](F)C6)nc4N4CCCn5nc(C(=O)N6CC7CCC6CC7)cc5C4)C3)c12. The Kier molecular flexibility index (Phi) is 8.64. The molecule has 1 saturated carbocycles. The lowest BCUT2D eigenvalue weighted by molar-refractivity contribution is 0.0327. The molecule has 7 aliphatic rings. The van der Waals surface area contributed by atoms with Crippen molar-refractivity contribution in [2.24, 2.45) is 5.92 Å². The van der Waals surface area contributed by atoms with E-state index in [-0.39, 0.29) is 29.0 Å². The second kappa shape index (κ2) is 13.6. The molecule has 8 heterocycles. The van der Waals surface area contributed by atoms with Crippen LogP contribution in [0.1, 0.15) is 91.3 Å². The predicted octanol–water partition coefficient (Wildman–Crippen LogP) is 6.18. The topological polar surface area (TPSA) is 103 Å². The molecule has 2 aromatic heterocycles. The number of anilines is 2. The van der Waals surface area contributed by atoms with Crippen LogP contribution in [0.2, 0.25) is 0 Å². The summed E-state index contributed by atoms with van der Waals surface area (Å²) in [6.07, 6.45) is 8.08. The number of halogens is 2. The fourth-order valence-corrected chi connectivity index (χ4v) is 10.8. The molecule has 0 spiro atoms. The Balaban J connectivity index is 0.992. The van der Waals surface area contributed by atoms with Crippen LogP contribution in [0.3, 0.4) is 0 Å². The molecule has 2 atom stereocenters. The summed E-state index contributed by atoms with van der Waals surface area (Å²) in [5, 5.41) is 17.3. The van der Waals surface area contributed by atoms with Gasteiger partial charge in [-0.1, -0.05) is 13.0 Å². The molecule has 55 heavy (non-hydrogen) atoms. The molecule has 11 rings (SSSR count). The molecule has 1 aliphatic carbocycles. The third-order valence-corrected chi connectivity index (χ3v) is 13.6. The fourth-order valence-electron chi connectivity index (χ4n) is 10.8. The molecule has 0 unspecified atom stereocenters. The largest absolute Gasteiger partial charge is 0.508 e. The van der Waals surface area contributed by atoms with E-state index < -0.39 is 6.17 Å². The smallest absolute Gasteiger partial charge is 0.318 e. The number of aromatic nitrogens is 4. The summed E-state index contributed by atoms with van der Waals surface area (Å²) in [7, 11) is 0. The van der Waals surface area contributed by atoms with Crippen LogP contribution in [0.25, 0.3) is 10.8 Å². The van der Waals surface area contributed by atoms with Crippen LogP contribution >= 0.6 is 0 Å². The van der Waals surface area contributed by atoms with Gasteiger partial charge in [-0.15, -0.1) is 0 Å². The summed E-state index contributed by atoms with van der Waals surface area (Å²) >= 11 is 0. The number of alkyl halides is 1. The maximum atomic E-state index is 15.2. The monoisotopic (exact) mass is 752 g/mol. The Morgan fingerprint density at radius 3 is 2.69 bits per heavy atom. The number of piperidine rings is 2. The number of amides is 1. The normalized spacial score (nSPS) is 26.3. The zero-order valence-electron chi connectivity index (χ0n) is 31.7. The van der Waals surface area contributed by atoms with Crippen molar-refractivity contribution in [2.75, 3.05) is 49.1 Å². The van der Waals surface area contributed by atoms with Crippen molar-refractivity contribution in [1.82, 2.24) is 29.5 Å². The Labute approximate surface area is 320 Å². The van der Waals surface area contributed by atoms with E-state index in [9.17, 15) is 14.3 Å². The van der Waals surface area contributed by atoms with E-state index in [1.807, 2.05) is 17.7 Å². The van der Waals surface area contributed by atoms with E-state index in [1.165, 1.54) is 18.9 Å². The molecule has 4 aromatic rings. The fraction of sp³-hybridized carbons (Fsp3) is 0.571. The highest BCUT2D eigenvalue weighted by Gasteiger charge is 2.49. The van der Waals surface area contributed by atoms with E-state index in [1.54, 1.807) is 18.2 Å². The first kappa shape index (κ1) is 34.9.